The average molecular weight is 636 g/mol. The molecule has 50 heavy (non-hydrogen) atoms. The third kappa shape index (κ3) is 3.90. The highest BCUT2D eigenvalue weighted by Crippen LogP contribution is 2.52. The monoisotopic (exact) mass is 635 g/mol. The van der Waals surface area contributed by atoms with Gasteiger partial charge in [-0.2, -0.15) is 0 Å². The molecular weight excluding hydrogens is 607 g/mol. The molecule has 232 valence electrons. The Morgan fingerprint density at radius 3 is 1.68 bits per heavy atom. The second kappa shape index (κ2) is 10.4. The standard InChI is InChI=1S/C48H29NO/c1-3-10-30(11-4-1)31-22-25-36(26-23-31)49(41-17-8-7-15-38(41)32-12-5-2-6-13-32)37-28-40-39-16-9-14-33-18-19-34-20-21-35-24-27-42-48(46(35)45(34)44(33)39)47(40)43(29-37)50-42/h1-29H. The van der Waals surface area contributed by atoms with Crippen molar-refractivity contribution in [2.45, 2.75) is 0 Å². The molecule has 0 atom stereocenters. The van der Waals surface area contributed by atoms with E-state index in [4.69, 9.17) is 4.42 Å². The molecule has 9 aromatic carbocycles. The lowest BCUT2D eigenvalue weighted by atomic mass is 9.92. The molecule has 0 radical (unpaired) electrons. The highest BCUT2D eigenvalue weighted by molar-refractivity contribution is 6.37. The van der Waals surface area contributed by atoms with Crippen LogP contribution in [0.5, 0.6) is 0 Å². The number of hydrogen-bond acceptors (Lipinski definition) is 2. The Bertz CT molecular complexity index is 2950. The molecule has 10 aromatic rings. The molecule has 2 heteroatoms. The lowest BCUT2D eigenvalue weighted by molar-refractivity contribution is 0.669. The SMILES string of the molecule is c1ccc(-c2ccc(N(c3cc4c5c(c3)oc3ccc6ccc7ccc8cccc-4c8c7c6c35)c3ccccc3-c3ccccc3)cc2)cc1. The van der Waals surface area contributed by atoms with Crippen molar-refractivity contribution < 1.29 is 4.42 Å². The van der Waals surface area contributed by atoms with Gasteiger partial charge in [-0.3, -0.25) is 0 Å². The van der Waals surface area contributed by atoms with Gasteiger partial charge in [0.15, 0.2) is 0 Å². The van der Waals surface area contributed by atoms with Crippen LogP contribution in [0, 0.1) is 0 Å². The van der Waals surface area contributed by atoms with E-state index < -0.39 is 0 Å². The fourth-order valence-corrected chi connectivity index (χ4v) is 8.34. The number of nitrogens with zero attached hydrogens (tertiary/aromatic N) is 1. The lowest BCUT2D eigenvalue weighted by Crippen LogP contribution is -2.11. The summed E-state index contributed by atoms with van der Waals surface area (Å²) >= 11 is 0. The van der Waals surface area contributed by atoms with Gasteiger partial charge in [0.25, 0.3) is 0 Å². The summed E-state index contributed by atoms with van der Waals surface area (Å²) in [6.45, 7) is 0. The summed E-state index contributed by atoms with van der Waals surface area (Å²) in [7, 11) is 0. The maximum atomic E-state index is 6.84. The van der Waals surface area contributed by atoms with Crippen LogP contribution in [0.25, 0.3) is 87.6 Å². The Hall–Kier alpha value is -6.64. The van der Waals surface area contributed by atoms with Gasteiger partial charge in [-0.15, -0.1) is 0 Å². The van der Waals surface area contributed by atoms with Gasteiger partial charge in [0, 0.05) is 33.5 Å². The molecule has 0 amide bonds. The quantitative estimate of drug-likeness (QED) is 0.175. The predicted octanol–water partition coefficient (Wildman–Crippen LogP) is 13.8. The van der Waals surface area contributed by atoms with Crippen LogP contribution in [0.4, 0.5) is 17.1 Å². The first-order valence-corrected chi connectivity index (χ1v) is 17.2. The lowest BCUT2D eigenvalue weighted by Gasteiger charge is -2.28. The molecule has 0 aliphatic heterocycles. The van der Waals surface area contributed by atoms with Gasteiger partial charge in [0.1, 0.15) is 11.2 Å². The molecule has 0 saturated heterocycles. The number of rotatable bonds is 5. The molecular formula is C48H29NO. The molecule has 1 aliphatic carbocycles. The maximum Gasteiger partial charge on any atom is 0.138 e. The Kier molecular flexibility index (Phi) is 5.70. The summed E-state index contributed by atoms with van der Waals surface area (Å²) in [4.78, 5) is 2.40. The van der Waals surface area contributed by atoms with Crippen molar-refractivity contribution in [3.05, 3.63) is 176 Å². The maximum absolute atomic E-state index is 6.84. The predicted molar refractivity (Wildman–Crippen MR) is 211 cm³/mol. The number of anilines is 3. The van der Waals surface area contributed by atoms with Crippen molar-refractivity contribution in [1.29, 1.82) is 0 Å². The van der Waals surface area contributed by atoms with Crippen molar-refractivity contribution in [3.8, 4) is 33.4 Å². The van der Waals surface area contributed by atoms with Gasteiger partial charge in [-0.25, -0.2) is 0 Å². The molecule has 0 N–H and O–H groups in total. The average Bonchev–Trinajstić information content (AvgIpc) is 3.51. The van der Waals surface area contributed by atoms with E-state index in [1.54, 1.807) is 0 Å². The molecule has 0 spiro atoms. The van der Waals surface area contributed by atoms with Gasteiger partial charge in [0.2, 0.25) is 0 Å². The third-order valence-corrected chi connectivity index (χ3v) is 10.5. The van der Waals surface area contributed by atoms with Crippen LogP contribution in [-0.4, -0.2) is 0 Å². The highest BCUT2D eigenvalue weighted by atomic mass is 16.3. The molecule has 1 aliphatic rings. The fraction of sp³-hybridized carbons (Fsp3) is 0. The third-order valence-electron chi connectivity index (χ3n) is 10.5. The summed E-state index contributed by atoms with van der Waals surface area (Å²) in [6, 6.07) is 63.7. The largest absolute Gasteiger partial charge is 0.456 e. The van der Waals surface area contributed by atoms with Gasteiger partial charge < -0.3 is 9.32 Å². The van der Waals surface area contributed by atoms with Gasteiger partial charge in [-0.1, -0.05) is 140 Å². The minimum absolute atomic E-state index is 0.893. The Morgan fingerprint density at radius 1 is 0.320 bits per heavy atom. The minimum atomic E-state index is 0.893. The van der Waals surface area contributed by atoms with Crippen molar-refractivity contribution >= 4 is 71.3 Å². The van der Waals surface area contributed by atoms with E-state index in [9.17, 15) is 0 Å². The van der Waals surface area contributed by atoms with Crippen LogP contribution in [0.2, 0.25) is 0 Å². The van der Waals surface area contributed by atoms with Crippen molar-refractivity contribution in [1.82, 2.24) is 0 Å². The highest BCUT2D eigenvalue weighted by Gasteiger charge is 2.26. The molecule has 0 fully saturated rings. The first-order chi connectivity index (χ1) is 24.8. The molecule has 2 nitrogen and oxygen atoms in total. The van der Waals surface area contributed by atoms with Crippen molar-refractivity contribution in [3.63, 3.8) is 0 Å². The number of benzene rings is 9. The van der Waals surface area contributed by atoms with Gasteiger partial charge in [0.05, 0.1) is 11.4 Å². The van der Waals surface area contributed by atoms with E-state index in [0.717, 1.165) is 33.8 Å². The van der Waals surface area contributed by atoms with E-state index in [1.165, 1.54) is 70.9 Å². The number of para-hydroxylation sites is 1. The summed E-state index contributed by atoms with van der Waals surface area (Å²) in [5.41, 5.74) is 12.2. The van der Waals surface area contributed by atoms with Crippen LogP contribution in [0.3, 0.4) is 0 Å². The van der Waals surface area contributed by atoms with E-state index in [0.29, 0.717) is 0 Å². The second-order valence-electron chi connectivity index (χ2n) is 13.3. The van der Waals surface area contributed by atoms with Crippen molar-refractivity contribution in [2.24, 2.45) is 0 Å². The fourth-order valence-electron chi connectivity index (χ4n) is 8.34. The zero-order valence-corrected chi connectivity index (χ0v) is 27.1. The van der Waals surface area contributed by atoms with Crippen LogP contribution in [0.15, 0.2) is 180 Å². The number of fused-ring (bicyclic) bond motifs is 1. The molecule has 1 heterocycles. The first-order valence-electron chi connectivity index (χ1n) is 17.2. The van der Waals surface area contributed by atoms with Crippen LogP contribution in [0.1, 0.15) is 0 Å². The normalized spacial score (nSPS) is 12.0. The molecule has 0 unspecified atom stereocenters. The minimum Gasteiger partial charge on any atom is -0.456 e. The second-order valence-corrected chi connectivity index (χ2v) is 13.3. The van der Waals surface area contributed by atoms with Crippen LogP contribution in [-0.2, 0) is 0 Å². The summed E-state index contributed by atoms with van der Waals surface area (Å²) in [5, 5.41) is 10.0. The zero-order chi connectivity index (χ0) is 32.8. The van der Waals surface area contributed by atoms with Crippen LogP contribution < -0.4 is 4.90 Å². The van der Waals surface area contributed by atoms with E-state index in [2.05, 4.69) is 181 Å². The Morgan fingerprint density at radius 2 is 0.920 bits per heavy atom. The smallest absolute Gasteiger partial charge is 0.138 e. The van der Waals surface area contributed by atoms with E-state index in [-0.39, 0.29) is 0 Å². The van der Waals surface area contributed by atoms with Crippen molar-refractivity contribution in [2.75, 3.05) is 4.90 Å². The van der Waals surface area contributed by atoms with Gasteiger partial charge in [-0.05, 0) is 85.1 Å². The topological polar surface area (TPSA) is 16.4 Å². The van der Waals surface area contributed by atoms with E-state index >= 15 is 0 Å². The first kappa shape index (κ1) is 27.3. The Balaban J connectivity index is 1.23. The summed E-state index contributed by atoms with van der Waals surface area (Å²) < 4.78 is 6.84. The molecule has 1 aromatic heterocycles. The number of furan rings is 1. The zero-order valence-electron chi connectivity index (χ0n) is 27.1. The van der Waals surface area contributed by atoms with E-state index in [1.807, 2.05) is 0 Å². The van der Waals surface area contributed by atoms with Crippen LogP contribution >= 0.6 is 0 Å². The molecule has 0 bridgehead atoms. The molecule has 11 rings (SSSR count). The molecule has 0 saturated carbocycles. The Labute approximate surface area is 289 Å². The number of hydrogen-bond donors (Lipinski definition) is 0. The summed E-state index contributed by atoms with van der Waals surface area (Å²) in [6.07, 6.45) is 0. The van der Waals surface area contributed by atoms with Gasteiger partial charge >= 0.3 is 0 Å². The summed E-state index contributed by atoms with van der Waals surface area (Å²) in [5.74, 6) is 0.